The summed E-state index contributed by atoms with van der Waals surface area (Å²) >= 11 is 0. The molecule has 1 heterocycles. The van der Waals surface area contributed by atoms with E-state index >= 15 is 0 Å². The summed E-state index contributed by atoms with van der Waals surface area (Å²) in [6.07, 6.45) is 0.815. The van der Waals surface area contributed by atoms with Crippen LogP contribution in [0.2, 0.25) is 0 Å². The monoisotopic (exact) mass is 218 g/mol. The Balaban J connectivity index is 2.60. The van der Waals surface area contributed by atoms with Crippen LogP contribution in [-0.2, 0) is 11.2 Å². The topological polar surface area (TPSA) is 66.0 Å². The molecule has 2 rings (SSSR count). The molecule has 1 aromatic heterocycles. The third kappa shape index (κ3) is 1.66. The number of nitrogens with zero attached hydrogens (tertiary/aromatic N) is 1. The number of benzene rings is 1. The summed E-state index contributed by atoms with van der Waals surface area (Å²) in [6, 6.07) is 5.59. The van der Waals surface area contributed by atoms with Crippen molar-refractivity contribution in [1.82, 2.24) is 9.97 Å². The molecule has 0 aliphatic rings. The molecule has 0 saturated carbocycles. The maximum Gasteiger partial charge on any atom is 0.310 e. The Morgan fingerprint density at radius 2 is 2.31 bits per heavy atom. The molecule has 16 heavy (non-hydrogen) atoms. The van der Waals surface area contributed by atoms with Crippen LogP contribution < -0.4 is 0 Å². The lowest BCUT2D eigenvalue weighted by Crippen LogP contribution is -2.07. The second-order valence-corrected chi connectivity index (χ2v) is 3.84. The van der Waals surface area contributed by atoms with Crippen molar-refractivity contribution < 1.29 is 9.90 Å². The minimum absolute atomic E-state index is 0.531. The first-order valence-electron chi connectivity index (χ1n) is 5.33. The van der Waals surface area contributed by atoms with E-state index < -0.39 is 11.9 Å². The highest BCUT2D eigenvalue weighted by atomic mass is 16.4. The summed E-state index contributed by atoms with van der Waals surface area (Å²) in [5.41, 5.74) is 2.44. The van der Waals surface area contributed by atoms with Gasteiger partial charge in [-0.1, -0.05) is 19.1 Å². The van der Waals surface area contributed by atoms with Crippen LogP contribution in [0.5, 0.6) is 0 Å². The zero-order valence-corrected chi connectivity index (χ0v) is 9.32. The number of aromatic nitrogens is 2. The van der Waals surface area contributed by atoms with Gasteiger partial charge in [-0.3, -0.25) is 4.79 Å². The van der Waals surface area contributed by atoms with Gasteiger partial charge in [0.25, 0.3) is 0 Å². The molecular formula is C12H14N2O2. The molecule has 0 spiro atoms. The lowest BCUT2D eigenvalue weighted by molar-refractivity contribution is -0.138. The first kappa shape index (κ1) is 10.7. The zero-order valence-electron chi connectivity index (χ0n) is 9.32. The van der Waals surface area contributed by atoms with Crippen LogP contribution in [0, 0.1) is 0 Å². The average Bonchev–Trinajstić information content (AvgIpc) is 2.70. The maximum absolute atomic E-state index is 11.0. The van der Waals surface area contributed by atoms with Gasteiger partial charge in [-0.05, 0) is 18.6 Å². The summed E-state index contributed by atoms with van der Waals surface area (Å²) in [5.74, 6) is -0.467. The average molecular weight is 218 g/mol. The minimum atomic E-state index is -0.825. The largest absolute Gasteiger partial charge is 0.481 e. The van der Waals surface area contributed by atoms with Gasteiger partial charge < -0.3 is 10.1 Å². The fourth-order valence-electron chi connectivity index (χ4n) is 1.76. The maximum atomic E-state index is 11.0. The Hall–Kier alpha value is -1.84. The van der Waals surface area contributed by atoms with Crippen LogP contribution >= 0.6 is 0 Å². The Morgan fingerprint density at radius 1 is 1.56 bits per heavy atom. The number of hydrogen-bond acceptors (Lipinski definition) is 2. The molecule has 4 nitrogen and oxygen atoms in total. The summed E-state index contributed by atoms with van der Waals surface area (Å²) < 4.78 is 0. The molecule has 0 amide bonds. The van der Waals surface area contributed by atoms with Crippen molar-refractivity contribution in [2.45, 2.75) is 26.2 Å². The molecule has 0 fully saturated rings. The number of hydrogen-bond donors (Lipinski definition) is 2. The fourth-order valence-corrected chi connectivity index (χ4v) is 1.76. The van der Waals surface area contributed by atoms with Crippen LogP contribution in [0.1, 0.15) is 31.2 Å². The minimum Gasteiger partial charge on any atom is -0.481 e. The first-order valence-corrected chi connectivity index (χ1v) is 5.33. The van der Waals surface area contributed by atoms with E-state index in [4.69, 9.17) is 5.11 Å². The van der Waals surface area contributed by atoms with Crippen LogP contribution in [0.25, 0.3) is 11.0 Å². The lowest BCUT2D eigenvalue weighted by atomic mass is 10.00. The number of rotatable bonds is 3. The number of aryl methyl sites for hydroxylation is 1. The molecule has 2 aromatic rings. The Morgan fingerprint density at radius 3 is 2.94 bits per heavy atom. The number of para-hydroxylation sites is 1. The van der Waals surface area contributed by atoms with Gasteiger partial charge in [-0.15, -0.1) is 0 Å². The molecule has 1 atom stereocenters. The van der Waals surface area contributed by atoms with E-state index in [1.165, 1.54) is 0 Å². The van der Waals surface area contributed by atoms with Gasteiger partial charge in [-0.25, -0.2) is 4.98 Å². The van der Waals surface area contributed by atoms with Crippen molar-refractivity contribution in [3.63, 3.8) is 0 Å². The molecule has 0 radical (unpaired) electrons. The number of carboxylic acid groups (broad SMARTS) is 1. The van der Waals surface area contributed by atoms with E-state index in [1.54, 1.807) is 6.92 Å². The van der Waals surface area contributed by atoms with Gasteiger partial charge >= 0.3 is 5.97 Å². The molecule has 1 unspecified atom stereocenters. The van der Waals surface area contributed by atoms with Gasteiger partial charge in [0.2, 0.25) is 0 Å². The number of carboxylic acids is 1. The summed E-state index contributed by atoms with van der Waals surface area (Å²) in [4.78, 5) is 18.6. The number of fused-ring (bicyclic) bond motifs is 1. The van der Waals surface area contributed by atoms with Gasteiger partial charge in [0.05, 0.1) is 17.0 Å². The number of H-pyrrole nitrogens is 1. The van der Waals surface area contributed by atoms with E-state index in [2.05, 4.69) is 9.97 Å². The number of nitrogens with one attached hydrogen (secondary N) is 1. The lowest BCUT2D eigenvalue weighted by Gasteiger charge is -2.06. The molecule has 0 saturated heterocycles. The second-order valence-electron chi connectivity index (χ2n) is 3.84. The van der Waals surface area contributed by atoms with Crippen molar-refractivity contribution in [2.24, 2.45) is 0 Å². The molecule has 0 aliphatic heterocycles. The predicted molar refractivity (Wildman–Crippen MR) is 61.5 cm³/mol. The molecule has 1 aromatic carbocycles. The first-order chi connectivity index (χ1) is 7.63. The van der Waals surface area contributed by atoms with Gasteiger partial charge in [0.1, 0.15) is 5.82 Å². The zero-order chi connectivity index (χ0) is 11.7. The Labute approximate surface area is 93.3 Å². The number of imidazole rings is 1. The van der Waals surface area contributed by atoms with E-state index in [1.807, 2.05) is 25.1 Å². The van der Waals surface area contributed by atoms with E-state index in [-0.39, 0.29) is 0 Å². The third-order valence-electron chi connectivity index (χ3n) is 2.76. The molecular weight excluding hydrogens is 204 g/mol. The summed E-state index contributed by atoms with van der Waals surface area (Å²) in [6.45, 7) is 3.69. The fraction of sp³-hybridized carbons (Fsp3) is 0.333. The quantitative estimate of drug-likeness (QED) is 0.830. The highest BCUT2D eigenvalue weighted by Gasteiger charge is 2.18. The van der Waals surface area contributed by atoms with Crippen LogP contribution in [-0.4, -0.2) is 21.0 Å². The van der Waals surface area contributed by atoms with Crippen LogP contribution in [0.3, 0.4) is 0 Å². The van der Waals surface area contributed by atoms with Crippen molar-refractivity contribution in [3.8, 4) is 0 Å². The summed E-state index contributed by atoms with van der Waals surface area (Å²) in [7, 11) is 0. The molecule has 2 N–H and O–H groups in total. The van der Waals surface area contributed by atoms with E-state index in [0.717, 1.165) is 28.8 Å². The number of aromatic amines is 1. The molecule has 0 aliphatic carbocycles. The predicted octanol–water partition coefficient (Wildman–Crippen LogP) is 2.31. The van der Waals surface area contributed by atoms with E-state index in [0.29, 0.717) is 0 Å². The van der Waals surface area contributed by atoms with Crippen LogP contribution in [0.4, 0.5) is 0 Å². The highest BCUT2D eigenvalue weighted by Crippen LogP contribution is 2.24. The molecule has 84 valence electrons. The normalized spacial score (nSPS) is 12.9. The van der Waals surface area contributed by atoms with Gasteiger partial charge in [-0.2, -0.15) is 0 Å². The smallest absolute Gasteiger partial charge is 0.310 e. The molecule has 4 heteroatoms. The SMILES string of the molecule is CCc1nc2c(C(C)C(=O)O)cccc2[nH]1. The molecule has 0 bridgehead atoms. The van der Waals surface area contributed by atoms with E-state index in [9.17, 15) is 4.79 Å². The van der Waals surface area contributed by atoms with Crippen molar-refractivity contribution >= 4 is 17.0 Å². The summed E-state index contributed by atoms with van der Waals surface area (Å²) in [5, 5.41) is 9.02. The van der Waals surface area contributed by atoms with Gasteiger partial charge in [0, 0.05) is 6.42 Å². The Bertz CT molecular complexity index is 531. The standard InChI is InChI=1S/C12H14N2O2/c1-3-10-13-9-6-4-5-8(11(9)14-10)7(2)12(15)16/h4-7H,3H2,1-2H3,(H,13,14)(H,15,16). The van der Waals surface area contributed by atoms with Crippen molar-refractivity contribution in [1.29, 1.82) is 0 Å². The third-order valence-corrected chi connectivity index (χ3v) is 2.76. The number of carbonyl (C=O) groups is 1. The highest BCUT2D eigenvalue weighted by molar-refractivity contribution is 5.86. The van der Waals surface area contributed by atoms with Gasteiger partial charge in [0.15, 0.2) is 0 Å². The number of aliphatic carboxylic acids is 1. The van der Waals surface area contributed by atoms with Crippen molar-refractivity contribution in [3.05, 3.63) is 29.6 Å². The van der Waals surface area contributed by atoms with Crippen molar-refractivity contribution in [2.75, 3.05) is 0 Å². The second kappa shape index (κ2) is 3.96. The Kier molecular flexibility index (Phi) is 2.64. The van der Waals surface area contributed by atoms with Crippen LogP contribution in [0.15, 0.2) is 18.2 Å².